The maximum Gasteiger partial charge on any atom is 0.326 e. The van der Waals surface area contributed by atoms with E-state index in [1.54, 1.807) is 24.0 Å². The van der Waals surface area contributed by atoms with Crippen molar-refractivity contribution < 1.29 is 23.1 Å². The van der Waals surface area contributed by atoms with Crippen molar-refractivity contribution >= 4 is 21.8 Å². The van der Waals surface area contributed by atoms with Gasteiger partial charge in [-0.1, -0.05) is 19.1 Å². The number of amides is 2. The molecule has 1 saturated heterocycles. The van der Waals surface area contributed by atoms with Crippen LogP contribution in [0.2, 0.25) is 0 Å². The highest BCUT2D eigenvalue weighted by Crippen LogP contribution is 2.28. The second kappa shape index (κ2) is 7.86. The Labute approximate surface area is 147 Å². The van der Waals surface area contributed by atoms with E-state index in [1.807, 2.05) is 12.1 Å². The number of nitrogens with one attached hydrogen (secondary N) is 1. The maximum absolute atomic E-state index is 12.2. The van der Waals surface area contributed by atoms with Crippen molar-refractivity contribution in [2.24, 2.45) is 0 Å². The molecule has 0 aromatic heterocycles. The molecule has 2 N–H and O–H groups in total. The van der Waals surface area contributed by atoms with E-state index >= 15 is 0 Å². The van der Waals surface area contributed by atoms with E-state index in [1.165, 1.54) is 6.26 Å². The van der Waals surface area contributed by atoms with Gasteiger partial charge in [-0.05, 0) is 42.9 Å². The van der Waals surface area contributed by atoms with Crippen LogP contribution in [0.3, 0.4) is 0 Å². The summed E-state index contributed by atoms with van der Waals surface area (Å²) in [6, 6.07) is 5.67. The quantitative estimate of drug-likeness (QED) is 0.825. The van der Waals surface area contributed by atoms with Gasteiger partial charge in [0.25, 0.3) is 0 Å². The molecule has 1 fully saturated rings. The van der Waals surface area contributed by atoms with Crippen LogP contribution in [0, 0.1) is 0 Å². The van der Waals surface area contributed by atoms with Gasteiger partial charge in [-0.3, -0.25) is 0 Å². The Hall–Kier alpha value is -2.09. The predicted octanol–water partition coefficient (Wildman–Crippen LogP) is 1.84. The number of urea groups is 1. The highest BCUT2D eigenvalue weighted by Gasteiger charge is 2.26. The summed E-state index contributed by atoms with van der Waals surface area (Å²) < 4.78 is 23.0. The highest BCUT2D eigenvalue weighted by molar-refractivity contribution is 7.90. The smallest absolute Gasteiger partial charge is 0.326 e. The number of hydrogen-bond acceptors (Lipinski definition) is 4. The number of likely N-dealkylation sites (tertiary alicyclic amines) is 1. The van der Waals surface area contributed by atoms with Gasteiger partial charge in [0.05, 0.1) is 4.90 Å². The third kappa shape index (κ3) is 4.94. The topological polar surface area (TPSA) is 104 Å². The fourth-order valence-corrected chi connectivity index (χ4v) is 3.61. The van der Waals surface area contributed by atoms with Crippen LogP contribution in [0.4, 0.5) is 4.79 Å². The first-order chi connectivity index (χ1) is 11.7. The van der Waals surface area contributed by atoms with Crippen molar-refractivity contribution in [2.45, 2.75) is 43.0 Å². The Kier molecular flexibility index (Phi) is 6.05. The van der Waals surface area contributed by atoms with Crippen LogP contribution < -0.4 is 5.32 Å². The zero-order chi connectivity index (χ0) is 18.6. The molecule has 138 valence electrons. The molecule has 1 unspecified atom stereocenters. The van der Waals surface area contributed by atoms with Crippen LogP contribution in [0.25, 0.3) is 0 Å². The minimum atomic E-state index is -3.20. The van der Waals surface area contributed by atoms with Gasteiger partial charge in [-0.25, -0.2) is 18.0 Å². The van der Waals surface area contributed by atoms with E-state index < -0.39 is 21.8 Å². The summed E-state index contributed by atoms with van der Waals surface area (Å²) in [4.78, 5) is 25.1. The number of rotatable bonds is 5. The largest absolute Gasteiger partial charge is 0.480 e. The van der Waals surface area contributed by atoms with Crippen molar-refractivity contribution in [3.63, 3.8) is 0 Å². The Morgan fingerprint density at radius 1 is 1.24 bits per heavy atom. The van der Waals surface area contributed by atoms with Gasteiger partial charge in [-0.15, -0.1) is 0 Å². The summed E-state index contributed by atoms with van der Waals surface area (Å²) in [5.74, 6) is -0.768. The standard InChI is InChI=1S/C17H24N2O5S/c1-3-15(16(20)21)18-17(22)19-10-8-13(9-11-19)12-4-6-14(7-5-12)25(2,23)24/h4-7,13,15H,3,8-11H2,1-2H3,(H,18,22)(H,20,21). The van der Waals surface area contributed by atoms with Crippen molar-refractivity contribution in [1.82, 2.24) is 10.2 Å². The zero-order valence-corrected chi connectivity index (χ0v) is 15.3. The number of carbonyl (C=O) groups is 2. The third-order valence-corrected chi connectivity index (χ3v) is 5.69. The first kappa shape index (κ1) is 19.2. The Morgan fingerprint density at radius 3 is 2.24 bits per heavy atom. The first-order valence-corrected chi connectivity index (χ1v) is 10.2. The molecular weight excluding hydrogens is 344 g/mol. The minimum absolute atomic E-state index is 0.263. The van der Waals surface area contributed by atoms with Gasteiger partial charge in [0.15, 0.2) is 9.84 Å². The molecule has 1 atom stereocenters. The summed E-state index contributed by atoms with van der Waals surface area (Å²) in [7, 11) is -3.20. The van der Waals surface area contributed by atoms with Gasteiger partial charge in [0.1, 0.15) is 6.04 Å². The fraction of sp³-hybridized carbons (Fsp3) is 0.529. The van der Waals surface area contributed by atoms with E-state index in [2.05, 4.69) is 5.32 Å². The molecule has 2 amide bonds. The van der Waals surface area contributed by atoms with Gasteiger partial charge < -0.3 is 15.3 Å². The first-order valence-electron chi connectivity index (χ1n) is 8.30. The molecule has 0 radical (unpaired) electrons. The number of sulfone groups is 1. The lowest BCUT2D eigenvalue weighted by atomic mass is 9.89. The molecule has 0 spiro atoms. The van der Waals surface area contributed by atoms with Gasteiger partial charge in [-0.2, -0.15) is 0 Å². The number of nitrogens with zero attached hydrogens (tertiary/aromatic N) is 1. The lowest BCUT2D eigenvalue weighted by molar-refractivity contribution is -0.139. The minimum Gasteiger partial charge on any atom is -0.480 e. The van der Waals surface area contributed by atoms with Gasteiger partial charge in [0, 0.05) is 19.3 Å². The monoisotopic (exact) mass is 368 g/mol. The summed E-state index contributed by atoms with van der Waals surface area (Å²) in [6.45, 7) is 2.80. The average Bonchev–Trinajstić information content (AvgIpc) is 2.58. The number of hydrogen-bond donors (Lipinski definition) is 2. The third-order valence-electron chi connectivity index (χ3n) is 4.57. The van der Waals surface area contributed by atoms with Crippen LogP contribution in [0.15, 0.2) is 29.2 Å². The molecule has 1 aliphatic heterocycles. The molecule has 1 aromatic rings. The van der Waals surface area contributed by atoms with Crippen LogP contribution in [-0.2, 0) is 14.6 Å². The summed E-state index contributed by atoms with van der Waals surface area (Å²) in [6.07, 6.45) is 3.04. The molecule has 0 saturated carbocycles. The summed E-state index contributed by atoms with van der Waals surface area (Å²) in [5.41, 5.74) is 1.06. The van der Waals surface area contributed by atoms with Crippen molar-refractivity contribution in [3.8, 4) is 0 Å². The SMILES string of the molecule is CCC(NC(=O)N1CCC(c2ccc(S(C)(=O)=O)cc2)CC1)C(=O)O. The molecule has 1 aliphatic rings. The van der Waals surface area contributed by atoms with Crippen molar-refractivity contribution in [2.75, 3.05) is 19.3 Å². The molecule has 0 bridgehead atoms. The number of benzene rings is 1. The van der Waals surface area contributed by atoms with Crippen LogP contribution >= 0.6 is 0 Å². The van der Waals surface area contributed by atoms with Crippen molar-refractivity contribution in [1.29, 1.82) is 0 Å². The van der Waals surface area contributed by atoms with E-state index in [9.17, 15) is 18.0 Å². The molecule has 1 heterocycles. The number of carboxylic acid groups (broad SMARTS) is 1. The molecule has 25 heavy (non-hydrogen) atoms. The predicted molar refractivity (Wildman–Crippen MR) is 93.3 cm³/mol. The second-order valence-corrected chi connectivity index (χ2v) is 8.37. The van der Waals surface area contributed by atoms with E-state index in [4.69, 9.17) is 5.11 Å². The Bertz CT molecular complexity index is 722. The fourth-order valence-electron chi connectivity index (χ4n) is 2.98. The molecule has 8 heteroatoms. The Balaban J connectivity index is 1.93. The maximum atomic E-state index is 12.2. The molecule has 1 aromatic carbocycles. The normalized spacial score (nSPS) is 17.1. The number of aliphatic carboxylic acids is 1. The summed E-state index contributed by atoms with van der Waals surface area (Å²) >= 11 is 0. The van der Waals surface area contributed by atoms with E-state index in [0.29, 0.717) is 24.4 Å². The number of carbonyl (C=O) groups excluding carboxylic acids is 1. The second-order valence-electron chi connectivity index (χ2n) is 6.35. The van der Waals surface area contributed by atoms with Crippen LogP contribution in [-0.4, -0.2) is 55.8 Å². The van der Waals surface area contributed by atoms with E-state index in [-0.39, 0.29) is 11.9 Å². The molecule has 2 rings (SSSR count). The van der Waals surface area contributed by atoms with Crippen LogP contribution in [0.1, 0.15) is 37.7 Å². The Morgan fingerprint density at radius 2 is 1.80 bits per heavy atom. The summed E-state index contributed by atoms with van der Waals surface area (Å²) in [5, 5.41) is 11.6. The van der Waals surface area contributed by atoms with Crippen LogP contribution in [0.5, 0.6) is 0 Å². The lowest BCUT2D eigenvalue weighted by Crippen LogP contribution is -2.49. The zero-order valence-electron chi connectivity index (χ0n) is 14.4. The highest BCUT2D eigenvalue weighted by atomic mass is 32.2. The lowest BCUT2D eigenvalue weighted by Gasteiger charge is -2.33. The number of carboxylic acids is 1. The molecule has 0 aliphatic carbocycles. The average molecular weight is 368 g/mol. The molecule has 7 nitrogen and oxygen atoms in total. The van der Waals surface area contributed by atoms with Gasteiger partial charge >= 0.3 is 12.0 Å². The van der Waals surface area contributed by atoms with Gasteiger partial charge in [0.2, 0.25) is 0 Å². The van der Waals surface area contributed by atoms with E-state index in [0.717, 1.165) is 18.4 Å². The molecular formula is C17H24N2O5S. The number of piperidine rings is 1. The van der Waals surface area contributed by atoms with Crippen molar-refractivity contribution in [3.05, 3.63) is 29.8 Å².